The van der Waals surface area contributed by atoms with Gasteiger partial charge in [-0.3, -0.25) is 4.79 Å². The zero-order valence-corrected chi connectivity index (χ0v) is 12.7. The number of aliphatic carboxylic acids is 1. The fourth-order valence-corrected chi connectivity index (χ4v) is 4.65. The van der Waals surface area contributed by atoms with Crippen LogP contribution in [-0.4, -0.2) is 50.6 Å². The van der Waals surface area contributed by atoms with Crippen LogP contribution in [0.4, 0.5) is 0 Å². The van der Waals surface area contributed by atoms with Crippen LogP contribution in [0.15, 0.2) is 34.1 Å². The van der Waals surface area contributed by atoms with Crippen molar-refractivity contribution < 1.29 is 19.1 Å². The zero-order valence-electron chi connectivity index (χ0n) is 11.0. The maximum absolute atomic E-state index is 11.9. The Balaban J connectivity index is 1.72. The molecule has 1 saturated heterocycles. The highest BCUT2D eigenvalue weighted by Crippen LogP contribution is 2.39. The molecule has 2 aliphatic rings. The van der Waals surface area contributed by atoms with Crippen molar-refractivity contribution in [1.29, 1.82) is 0 Å². The Bertz CT molecular complexity index is 599. The Hall–Kier alpha value is -1.38. The average Bonchev–Trinajstić information content (AvgIpc) is 2.97. The Morgan fingerprint density at radius 3 is 3.00 bits per heavy atom. The lowest BCUT2D eigenvalue weighted by Gasteiger charge is -2.50. The molecule has 0 spiro atoms. The fourth-order valence-electron chi connectivity index (χ4n) is 2.41. The third-order valence-corrected chi connectivity index (χ3v) is 5.85. The Labute approximate surface area is 129 Å². The summed E-state index contributed by atoms with van der Waals surface area (Å²) < 4.78 is 5.04. The summed E-state index contributed by atoms with van der Waals surface area (Å²) in [7, 11) is 0. The summed E-state index contributed by atoms with van der Waals surface area (Å²) in [4.78, 5) is 25.2. The smallest absolute Gasteiger partial charge is 0.352 e. The second kappa shape index (κ2) is 5.78. The number of hydrogen-bond donors (Lipinski definition) is 2. The first-order valence-corrected chi connectivity index (χ1v) is 8.41. The van der Waals surface area contributed by atoms with Crippen LogP contribution in [0.25, 0.3) is 0 Å². The van der Waals surface area contributed by atoms with E-state index in [1.165, 1.54) is 6.26 Å². The molecule has 0 aromatic carbocycles. The van der Waals surface area contributed by atoms with Crippen molar-refractivity contribution in [3.05, 3.63) is 35.4 Å². The molecule has 1 fully saturated rings. The minimum absolute atomic E-state index is 0.0169. The molecule has 112 valence electrons. The van der Waals surface area contributed by atoms with E-state index in [0.717, 1.165) is 17.3 Å². The molecule has 2 atom stereocenters. The highest BCUT2D eigenvalue weighted by Gasteiger charge is 2.44. The minimum atomic E-state index is -0.951. The molecule has 0 radical (unpaired) electrons. The normalized spacial score (nSPS) is 24.5. The molecule has 1 aromatic rings. The summed E-state index contributed by atoms with van der Waals surface area (Å²) >= 11 is 2.70. The molecule has 1 aromatic heterocycles. The van der Waals surface area contributed by atoms with Crippen LogP contribution in [0, 0.1) is 0 Å². The van der Waals surface area contributed by atoms with Crippen molar-refractivity contribution in [2.24, 2.45) is 5.73 Å². The molecule has 2 aliphatic heterocycles. The van der Waals surface area contributed by atoms with Gasteiger partial charge in [0.15, 0.2) is 5.76 Å². The van der Waals surface area contributed by atoms with Crippen LogP contribution in [0.2, 0.25) is 0 Å². The van der Waals surface area contributed by atoms with Crippen LogP contribution in [0.5, 0.6) is 0 Å². The van der Waals surface area contributed by atoms with E-state index in [0.29, 0.717) is 23.7 Å². The Morgan fingerprint density at radius 2 is 2.38 bits per heavy atom. The molecule has 8 heteroatoms. The van der Waals surface area contributed by atoms with Gasteiger partial charge in [-0.2, -0.15) is 0 Å². The molecule has 0 bridgehead atoms. The van der Waals surface area contributed by atoms with Gasteiger partial charge in [0.25, 0.3) is 5.12 Å². The molecule has 21 heavy (non-hydrogen) atoms. The predicted octanol–water partition coefficient (Wildman–Crippen LogP) is 1.21. The number of carbonyl (C=O) groups is 2. The topological polar surface area (TPSA) is 96.8 Å². The lowest BCUT2D eigenvalue weighted by Crippen LogP contribution is -2.64. The van der Waals surface area contributed by atoms with Crippen molar-refractivity contribution in [1.82, 2.24) is 4.90 Å². The van der Waals surface area contributed by atoms with Crippen molar-refractivity contribution in [3.8, 4) is 0 Å². The van der Waals surface area contributed by atoms with E-state index in [1.807, 2.05) is 4.90 Å². The summed E-state index contributed by atoms with van der Waals surface area (Å²) in [6.45, 7) is 0.555. The third-order valence-electron chi connectivity index (χ3n) is 3.43. The quantitative estimate of drug-likeness (QED) is 0.852. The standard InChI is InChI=1S/C13H14N2O4S2/c14-8-4-15-10(12(16)17)7(5-20-11(8)15)6-21-13(18)9-2-1-3-19-9/h1-3,8,11H,4-6,14H2,(H,16,17). The monoisotopic (exact) mass is 326 g/mol. The highest BCUT2D eigenvalue weighted by molar-refractivity contribution is 8.14. The molecule has 0 amide bonds. The molecule has 0 aliphatic carbocycles. The van der Waals surface area contributed by atoms with Gasteiger partial charge < -0.3 is 20.2 Å². The SMILES string of the molecule is NC1CN2C(C(=O)O)=C(CSC(=O)c3ccco3)CSC12. The number of carboxylic acids is 1. The zero-order chi connectivity index (χ0) is 15.0. The van der Waals surface area contributed by atoms with E-state index in [4.69, 9.17) is 10.2 Å². The van der Waals surface area contributed by atoms with Crippen LogP contribution in [0.1, 0.15) is 10.6 Å². The van der Waals surface area contributed by atoms with E-state index in [1.54, 1.807) is 23.9 Å². The first-order chi connectivity index (χ1) is 10.1. The van der Waals surface area contributed by atoms with E-state index in [-0.39, 0.29) is 22.3 Å². The first-order valence-electron chi connectivity index (χ1n) is 6.37. The predicted molar refractivity (Wildman–Crippen MR) is 81.1 cm³/mol. The molecule has 2 unspecified atom stereocenters. The van der Waals surface area contributed by atoms with Gasteiger partial charge in [-0.05, 0) is 17.7 Å². The second-order valence-corrected chi connectivity index (χ2v) is 6.88. The summed E-state index contributed by atoms with van der Waals surface area (Å²) in [6.07, 6.45) is 1.44. The van der Waals surface area contributed by atoms with Gasteiger partial charge in [0.1, 0.15) is 5.70 Å². The van der Waals surface area contributed by atoms with Gasteiger partial charge in [0.05, 0.1) is 17.7 Å². The number of carboxylic acid groups (broad SMARTS) is 1. The molecule has 3 N–H and O–H groups in total. The first kappa shape index (κ1) is 14.6. The highest BCUT2D eigenvalue weighted by atomic mass is 32.2. The number of rotatable bonds is 4. The number of hydrogen-bond acceptors (Lipinski definition) is 7. The summed E-state index contributed by atoms with van der Waals surface area (Å²) in [5.74, 6) is 0.278. The molecule has 0 saturated carbocycles. The van der Waals surface area contributed by atoms with Gasteiger partial charge in [-0.25, -0.2) is 4.79 Å². The molecule has 3 rings (SSSR count). The van der Waals surface area contributed by atoms with Crippen LogP contribution in [-0.2, 0) is 4.79 Å². The maximum atomic E-state index is 11.9. The van der Waals surface area contributed by atoms with Gasteiger partial charge >= 0.3 is 5.97 Å². The van der Waals surface area contributed by atoms with Gasteiger partial charge in [-0.1, -0.05) is 11.8 Å². The van der Waals surface area contributed by atoms with E-state index in [2.05, 4.69) is 0 Å². The molecular weight excluding hydrogens is 312 g/mol. The van der Waals surface area contributed by atoms with Gasteiger partial charge in [-0.15, -0.1) is 11.8 Å². The molecule has 3 heterocycles. The van der Waals surface area contributed by atoms with Crippen molar-refractivity contribution in [2.75, 3.05) is 18.1 Å². The van der Waals surface area contributed by atoms with Crippen LogP contribution < -0.4 is 5.73 Å². The van der Waals surface area contributed by atoms with Crippen LogP contribution >= 0.6 is 23.5 Å². The summed E-state index contributed by atoms with van der Waals surface area (Å²) in [5, 5.41) is 9.26. The van der Waals surface area contributed by atoms with Crippen molar-refractivity contribution in [2.45, 2.75) is 11.4 Å². The Morgan fingerprint density at radius 1 is 1.57 bits per heavy atom. The molecule has 6 nitrogen and oxygen atoms in total. The number of carbonyl (C=O) groups excluding carboxylic acids is 1. The largest absolute Gasteiger partial charge is 0.477 e. The van der Waals surface area contributed by atoms with Crippen LogP contribution in [0.3, 0.4) is 0 Å². The third kappa shape index (κ3) is 2.70. The maximum Gasteiger partial charge on any atom is 0.352 e. The number of nitrogens with two attached hydrogens (primary N) is 1. The van der Waals surface area contributed by atoms with Gasteiger partial charge in [0.2, 0.25) is 0 Å². The average molecular weight is 326 g/mol. The van der Waals surface area contributed by atoms with Crippen molar-refractivity contribution >= 4 is 34.6 Å². The lowest BCUT2D eigenvalue weighted by molar-refractivity contribution is -0.135. The summed E-state index contributed by atoms with van der Waals surface area (Å²) in [5.41, 5.74) is 6.95. The second-order valence-electron chi connectivity index (χ2n) is 4.83. The number of furan rings is 1. The van der Waals surface area contributed by atoms with Crippen molar-refractivity contribution in [3.63, 3.8) is 0 Å². The van der Waals surface area contributed by atoms with E-state index >= 15 is 0 Å². The molecular formula is C13H14N2O4S2. The van der Waals surface area contributed by atoms with Gasteiger partial charge in [0, 0.05) is 18.1 Å². The minimum Gasteiger partial charge on any atom is -0.477 e. The Kier molecular flexibility index (Phi) is 4.01. The summed E-state index contributed by atoms with van der Waals surface area (Å²) in [6, 6.07) is 3.27. The number of nitrogens with zero attached hydrogens (tertiary/aromatic N) is 1. The number of fused-ring (bicyclic) bond motifs is 1. The fraction of sp³-hybridized carbons (Fsp3) is 0.385. The van der Waals surface area contributed by atoms with E-state index < -0.39 is 5.97 Å². The lowest BCUT2D eigenvalue weighted by atomic mass is 10.1. The number of thioether (sulfide) groups is 2. The van der Waals surface area contributed by atoms with E-state index in [9.17, 15) is 14.7 Å².